The van der Waals surface area contributed by atoms with Gasteiger partial charge in [0, 0.05) is 25.8 Å². The zero-order valence-corrected chi connectivity index (χ0v) is 25.9. The fourth-order valence-electron chi connectivity index (χ4n) is 5.78. The minimum absolute atomic E-state index is 0.0590. The van der Waals surface area contributed by atoms with Gasteiger partial charge < -0.3 is 23.3 Å². The molecule has 11 heteroatoms. The molecular weight excluding hydrogens is 587 g/mol. The first-order valence-electron chi connectivity index (χ1n) is 15.3. The third-order valence-corrected chi connectivity index (χ3v) is 8.26. The van der Waals surface area contributed by atoms with Crippen molar-refractivity contribution in [1.82, 2.24) is 24.0 Å². The second-order valence-electron chi connectivity index (χ2n) is 11.3. The molecule has 3 heterocycles. The quantitative estimate of drug-likeness (QED) is 0.172. The monoisotopic (exact) mass is 622 g/mol. The third kappa shape index (κ3) is 6.87. The van der Waals surface area contributed by atoms with Gasteiger partial charge in [0.15, 0.2) is 11.6 Å². The number of hydrogen-bond acceptors (Lipinski definition) is 8. The zero-order valence-electron chi connectivity index (χ0n) is 25.9. The summed E-state index contributed by atoms with van der Waals surface area (Å²) >= 11 is 0. The lowest BCUT2D eigenvalue weighted by Gasteiger charge is -2.32. The summed E-state index contributed by atoms with van der Waals surface area (Å²) in [5.41, 5.74) is 4.37. The molecule has 3 aromatic carbocycles. The van der Waals surface area contributed by atoms with Gasteiger partial charge in [-0.05, 0) is 73.9 Å². The maximum Gasteiger partial charge on any atom is 0.337 e. The SMILES string of the molecule is CCn1cncc1Cn1c(CN2CCC(Oc3cccc(COc4ccc(C#N)cc4F)c3)CC2)nc2ccc(C(=O)OC)cc21. The predicted octanol–water partition coefficient (Wildman–Crippen LogP) is 5.72. The summed E-state index contributed by atoms with van der Waals surface area (Å²) in [5.74, 6) is 0.829. The van der Waals surface area contributed by atoms with E-state index in [4.69, 9.17) is 24.5 Å². The molecule has 5 aromatic rings. The molecule has 1 aliphatic rings. The number of likely N-dealkylation sites (tertiary alicyclic amines) is 1. The number of aromatic nitrogens is 4. The summed E-state index contributed by atoms with van der Waals surface area (Å²) in [6.07, 6.45) is 5.47. The molecule has 0 atom stereocenters. The summed E-state index contributed by atoms with van der Waals surface area (Å²) in [6.45, 7) is 6.01. The number of hydrogen-bond donors (Lipinski definition) is 0. The molecule has 0 spiro atoms. The first-order valence-corrected chi connectivity index (χ1v) is 15.3. The summed E-state index contributed by atoms with van der Waals surface area (Å²) < 4.78 is 35.5. The Hall–Kier alpha value is -5.21. The molecule has 1 fully saturated rings. The van der Waals surface area contributed by atoms with E-state index in [1.165, 1.54) is 25.3 Å². The van der Waals surface area contributed by atoms with Gasteiger partial charge in [0.2, 0.25) is 0 Å². The lowest BCUT2D eigenvalue weighted by molar-refractivity contribution is 0.0601. The minimum Gasteiger partial charge on any atom is -0.490 e. The van der Waals surface area contributed by atoms with Crippen molar-refractivity contribution in [2.24, 2.45) is 0 Å². The number of fused-ring (bicyclic) bond motifs is 1. The molecule has 1 aliphatic heterocycles. The molecule has 2 aromatic heterocycles. The van der Waals surface area contributed by atoms with E-state index in [0.29, 0.717) is 18.7 Å². The summed E-state index contributed by atoms with van der Waals surface area (Å²) in [5, 5.41) is 8.94. The molecular formula is C35H35FN6O4. The second kappa shape index (κ2) is 13.8. The molecule has 6 rings (SSSR count). The van der Waals surface area contributed by atoms with Crippen LogP contribution in [0.1, 0.15) is 52.8 Å². The first kappa shape index (κ1) is 30.8. The molecule has 236 valence electrons. The van der Waals surface area contributed by atoms with E-state index < -0.39 is 5.82 Å². The molecule has 1 saturated heterocycles. The summed E-state index contributed by atoms with van der Waals surface area (Å²) in [7, 11) is 1.38. The van der Waals surface area contributed by atoms with E-state index in [2.05, 4.69) is 25.9 Å². The van der Waals surface area contributed by atoms with Crippen molar-refractivity contribution in [1.29, 1.82) is 5.26 Å². The minimum atomic E-state index is -0.563. The second-order valence-corrected chi connectivity index (χ2v) is 11.3. The Morgan fingerprint density at radius 3 is 2.70 bits per heavy atom. The summed E-state index contributed by atoms with van der Waals surface area (Å²) in [4.78, 5) is 24.0. The van der Waals surface area contributed by atoms with Crippen LogP contribution in [0.15, 0.2) is 73.2 Å². The number of nitriles is 1. The van der Waals surface area contributed by atoms with Crippen LogP contribution >= 0.6 is 0 Å². The molecule has 0 saturated carbocycles. The van der Waals surface area contributed by atoms with Gasteiger partial charge in [-0.2, -0.15) is 5.26 Å². The highest BCUT2D eigenvalue weighted by Crippen LogP contribution is 2.26. The average molecular weight is 623 g/mol. The lowest BCUT2D eigenvalue weighted by Crippen LogP contribution is -2.38. The third-order valence-electron chi connectivity index (χ3n) is 8.26. The number of piperidine rings is 1. The highest BCUT2D eigenvalue weighted by Gasteiger charge is 2.24. The number of methoxy groups -OCH3 is 1. The Kier molecular flexibility index (Phi) is 9.26. The fourth-order valence-corrected chi connectivity index (χ4v) is 5.78. The molecule has 0 N–H and O–H groups in total. The Balaban J connectivity index is 1.10. The van der Waals surface area contributed by atoms with E-state index in [9.17, 15) is 9.18 Å². The number of benzene rings is 3. The molecule has 0 amide bonds. The van der Waals surface area contributed by atoms with Gasteiger partial charge in [-0.1, -0.05) is 12.1 Å². The number of esters is 1. The van der Waals surface area contributed by atoms with Crippen LogP contribution in [0.2, 0.25) is 0 Å². The lowest BCUT2D eigenvalue weighted by atomic mass is 10.1. The van der Waals surface area contributed by atoms with Crippen LogP contribution in [-0.4, -0.2) is 56.3 Å². The van der Waals surface area contributed by atoms with Gasteiger partial charge in [-0.3, -0.25) is 4.90 Å². The van der Waals surface area contributed by atoms with Crippen LogP contribution in [0, 0.1) is 17.1 Å². The predicted molar refractivity (Wildman–Crippen MR) is 169 cm³/mol. The van der Waals surface area contributed by atoms with Gasteiger partial charge >= 0.3 is 5.97 Å². The van der Waals surface area contributed by atoms with Crippen molar-refractivity contribution >= 4 is 17.0 Å². The van der Waals surface area contributed by atoms with Gasteiger partial charge in [0.25, 0.3) is 0 Å². The normalized spacial score (nSPS) is 13.9. The number of halogens is 1. The van der Waals surface area contributed by atoms with E-state index in [1.807, 2.05) is 55.0 Å². The smallest absolute Gasteiger partial charge is 0.337 e. The van der Waals surface area contributed by atoms with Crippen molar-refractivity contribution in [3.05, 3.63) is 107 Å². The first-order chi connectivity index (χ1) is 22.4. The molecule has 46 heavy (non-hydrogen) atoms. The number of nitrogens with zero attached hydrogens (tertiary/aromatic N) is 6. The van der Waals surface area contributed by atoms with Crippen LogP contribution < -0.4 is 9.47 Å². The number of ether oxygens (including phenoxy) is 3. The largest absolute Gasteiger partial charge is 0.490 e. The number of rotatable bonds is 11. The van der Waals surface area contributed by atoms with Crippen LogP contribution in [0.4, 0.5) is 4.39 Å². The maximum absolute atomic E-state index is 14.2. The number of imidazole rings is 2. The standard InChI is InChI=1S/C35H35FN6O4/c1-3-41-23-38-19-27(41)20-42-32-17-26(35(43)44-2)8-9-31(32)39-34(42)21-40-13-11-28(12-14-40)46-29-6-4-5-25(15-29)22-45-33-10-7-24(18-37)16-30(33)36/h4-10,15-17,19,23,28H,3,11-14,20-22H2,1-2H3. The van der Waals surface area contributed by atoms with E-state index in [-0.39, 0.29) is 30.0 Å². The van der Waals surface area contributed by atoms with E-state index >= 15 is 0 Å². The molecule has 10 nitrogen and oxygen atoms in total. The topological polar surface area (TPSA) is 107 Å². The Bertz CT molecular complexity index is 1890. The molecule has 0 radical (unpaired) electrons. The Morgan fingerprint density at radius 1 is 1.09 bits per heavy atom. The van der Waals surface area contributed by atoms with Crippen LogP contribution in [0.3, 0.4) is 0 Å². The highest BCUT2D eigenvalue weighted by molar-refractivity contribution is 5.93. The van der Waals surface area contributed by atoms with Crippen LogP contribution in [0.5, 0.6) is 11.5 Å². The highest BCUT2D eigenvalue weighted by atomic mass is 19.1. The van der Waals surface area contributed by atoms with Crippen molar-refractivity contribution in [3.63, 3.8) is 0 Å². The van der Waals surface area contributed by atoms with Crippen LogP contribution in [-0.2, 0) is 31.0 Å². The van der Waals surface area contributed by atoms with Gasteiger partial charge in [0.1, 0.15) is 24.3 Å². The van der Waals surface area contributed by atoms with E-state index in [0.717, 1.165) is 66.3 Å². The average Bonchev–Trinajstić information content (AvgIpc) is 3.68. The van der Waals surface area contributed by atoms with Crippen molar-refractivity contribution < 1.29 is 23.4 Å². The molecule has 0 aliphatic carbocycles. The Morgan fingerprint density at radius 2 is 1.93 bits per heavy atom. The molecule has 0 bridgehead atoms. The van der Waals surface area contributed by atoms with Crippen molar-refractivity contribution in [2.45, 2.75) is 52.1 Å². The number of carbonyl (C=O) groups is 1. The van der Waals surface area contributed by atoms with Gasteiger partial charge in [-0.15, -0.1) is 0 Å². The van der Waals surface area contributed by atoms with E-state index in [1.54, 1.807) is 6.07 Å². The maximum atomic E-state index is 14.2. The molecule has 0 unspecified atom stereocenters. The van der Waals surface area contributed by atoms with Gasteiger partial charge in [0.05, 0.1) is 60.5 Å². The summed E-state index contributed by atoms with van der Waals surface area (Å²) in [6, 6.07) is 19.2. The number of aryl methyl sites for hydroxylation is 1. The van der Waals surface area contributed by atoms with Crippen LogP contribution in [0.25, 0.3) is 11.0 Å². The Labute approximate surface area is 266 Å². The van der Waals surface area contributed by atoms with Crippen molar-refractivity contribution in [3.8, 4) is 17.6 Å². The zero-order chi connectivity index (χ0) is 32.0. The number of carbonyl (C=O) groups excluding carboxylic acids is 1. The van der Waals surface area contributed by atoms with Crippen molar-refractivity contribution in [2.75, 3.05) is 20.2 Å². The van der Waals surface area contributed by atoms with Gasteiger partial charge in [-0.25, -0.2) is 19.2 Å². The fraction of sp³-hybridized carbons (Fsp3) is 0.314.